The first-order chi connectivity index (χ1) is 19.3. The van der Waals surface area contributed by atoms with Crippen LogP contribution in [0.4, 0.5) is 4.79 Å². The molecule has 0 aliphatic carbocycles. The summed E-state index contributed by atoms with van der Waals surface area (Å²) in [4.78, 5) is 24.0. The van der Waals surface area contributed by atoms with E-state index in [0.717, 1.165) is 0 Å². The zero-order valence-electron chi connectivity index (χ0n) is 24.5. The lowest BCUT2D eigenvalue weighted by Crippen LogP contribution is -2.36. The van der Waals surface area contributed by atoms with Crippen LogP contribution in [-0.2, 0) is 9.53 Å². The molecule has 0 unspecified atom stereocenters. The van der Waals surface area contributed by atoms with Crippen LogP contribution in [-0.4, -0.2) is 34.4 Å². The van der Waals surface area contributed by atoms with Gasteiger partial charge in [0.15, 0.2) is 0 Å². The van der Waals surface area contributed by atoms with E-state index < -0.39 is 17.6 Å². The van der Waals surface area contributed by atoms with Gasteiger partial charge in [-0.2, -0.15) is 0 Å². The van der Waals surface area contributed by atoms with Crippen LogP contribution in [0.15, 0.2) is 71.3 Å². The third kappa shape index (κ3) is 11.6. The molecule has 1 heterocycles. The summed E-state index contributed by atoms with van der Waals surface area (Å²) in [6, 6.07) is 4.72. The van der Waals surface area contributed by atoms with Crippen LogP contribution >= 0.6 is 15.9 Å². The number of aliphatic hydroxyl groups is 1. The predicted octanol–water partition coefficient (Wildman–Crippen LogP) is 6.48. The van der Waals surface area contributed by atoms with Gasteiger partial charge in [-0.15, -0.1) is 0 Å². The highest BCUT2D eigenvalue weighted by molar-refractivity contribution is 9.10. The fourth-order valence-electron chi connectivity index (χ4n) is 4.60. The molecule has 2 rings (SSSR count). The van der Waals surface area contributed by atoms with Crippen molar-refractivity contribution in [2.45, 2.75) is 72.1 Å². The number of carbonyl (C=O) groups is 2. The number of amides is 2. The number of phenolic OH excluding ortho intramolecular Hbond substituents is 1. The van der Waals surface area contributed by atoms with E-state index in [1.807, 2.05) is 39.0 Å². The second-order valence-corrected chi connectivity index (χ2v) is 12.2. The maximum Gasteiger partial charge on any atom is 0.404 e. The number of benzene rings is 1. The van der Waals surface area contributed by atoms with Gasteiger partial charge in [-0.05, 0) is 82.8 Å². The molecule has 7 nitrogen and oxygen atoms in total. The highest BCUT2D eigenvalue weighted by Crippen LogP contribution is 2.40. The number of carbonyl (C=O) groups excluding carboxylic acids is 2. The lowest BCUT2D eigenvalue weighted by atomic mass is 9.82. The van der Waals surface area contributed by atoms with Gasteiger partial charge in [0.2, 0.25) is 5.91 Å². The summed E-state index contributed by atoms with van der Waals surface area (Å²) in [6.45, 7) is 9.91. The number of nitrogens with two attached hydrogens (primary N) is 1. The Morgan fingerprint density at radius 1 is 1.20 bits per heavy atom. The van der Waals surface area contributed by atoms with Gasteiger partial charge in [-0.3, -0.25) is 4.79 Å². The molecule has 0 fully saturated rings. The van der Waals surface area contributed by atoms with Gasteiger partial charge in [0.1, 0.15) is 11.9 Å². The molecule has 6 atom stereocenters. The van der Waals surface area contributed by atoms with E-state index in [4.69, 9.17) is 10.5 Å². The number of rotatable bonds is 5. The molecule has 0 saturated carbocycles. The number of primary amides is 1. The third-order valence-electron chi connectivity index (χ3n) is 7.08. The molecule has 0 radical (unpaired) electrons. The van der Waals surface area contributed by atoms with Crippen LogP contribution < -0.4 is 11.1 Å². The minimum absolute atomic E-state index is 0.0180. The molecule has 2 amide bonds. The van der Waals surface area contributed by atoms with Crippen molar-refractivity contribution >= 4 is 27.9 Å². The van der Waals surface area contributed by atoms with E-state index in [0.29, 0.717) is 29.3 Å². The van der Waals surface area contributed by atoms with E-state index in [2.05, 4.69) is 59.1 Å². The van der Waals surface area contributed by atoms with Crippen molar-refractivity contribution in [1.29, 1.82) is 0 Å². The Balaban J connectivity index is 2.15. The number of ether oxygens (including phenoxy) is 1. The monoisotopic (exact) mass is 626 g/mol. The number of aliphatic hydroxyl groups excluding tert-OH is 1. The van der Waals surface area contributed by atoms with Crippen LogP contribution in [0.25, 0.3) is 0 Å². The zero-order valence-corrected chi connectivity index (χ0v) is 26.1. The lowest BCUT2D eigenvalue weighted by molar-refractivity contribution is -0.117. The molecule has 1 aromatic carbocycles. The second kappa shape index (κ2) is 16.2. The summed E-state index contributed by atoms with van der Waals surface area (Å²) in [5, 5.41) is 23.9. The Bertz CT molecular complexity index is 1220. The van der Waals surface area contributed by atoms with Gasteiger partial charge in [-0.1, -0.05) is 89.0 Å². The Hall–Kier alpha value is -3.28. The molecule has 0 aromatic heterocycles. The molecule has 1 aromatic rings. The van der Waals surface area contributed by atoms with Crippen molar-refractivity contribution in [2.75, 3.05) is 0 Å². The highest BCUT2D eigenvalue weighted by Gasteiger charge is 2.28. The summed E-state index contributed by atoms with van der Waals surface area (Å²) in [5.74, 6) is 6.18. The van der Waals surface area contributed by atoms with Gasteiger partial charge in [0, 0.05) is 5.41 Å². The van der Waals surface area contributed by atoms with E-state index in [-0.39, 0.29) is 41.6 Å². The highest BCUT2D eigenvalue weighted by atomic mass is 79.9. The molecular weight excluding hydrogens is 584 g/mol. The number of allylic oxidation sites excluding steroid dienone is 4. The van der Waals surface area contributed by atoms with E-state index >= 15 is 0 Å². The number of halogens is 1. The van der Waals surface area contributed by atoms with Crippen LogP contribution in [0.1, 0.15) is 65.5 Å². The number of phenols is 1. The smallest absolute Gasteiger partial charge is 0.404 e. The largest absolute Gasteiger partial charge is 0.507 e. The standard InChI is InChI=1S/C33H43BrN2O5/c1-22-12-10-16-29(38)36-27(24(3)18-17-23(2)21-25(20-22)41-32(35)40)14-8-6-7-9-19-33(4,5)31(39)26-13-11-15-28(37)30(26)34/h8-11,13-19,22-25,27,31,37,39H,12,20-21H2,1-5H3,(H2,35,40)(H,36,38)/b14-8+,16-10-,18-17+,19-9+/t22-,23+,24+,25-,27-,31+/m1/s1. The molecule has 1 aliphatic rings. The minimum atomic E-state index is -0.860. The van der Waals surface area contributed by atoms with Gasteiger partial charge in [-0.25, -0.2) is 4.79 Å². The van der Waals surface area contributed by atoms with E-state index in [9.17, 15) is 19.8 Å². The number of hydrogen-bond donors (Lipinski definition) is 4. The molecule has 8 heteroatoms. The average Bonchev–Trinajstić information content (AvgIpc) is 2.88. The van der Waals surface area contributed by atoms with E-state index in [1.165, 1.54) is 0 Å². The first kappa shape index (κ1) is 33.9. The minimum Gasteiger partial charge on any atom is -0.507 e. The summed E-state index contributed by atoms with van der Waals surface area (Å²) < 4.78 is 5.82. The van der Waals surface area contributed by atoms with Crippen molar-refractivity contribution in [1.82, 2.24) is 5.32 Å². The molecule has 1 aliphatic heterocycles. The normalized spacial score (nSPS) is 26.8. The maximum absolute atomic E-state index is 12.6. The van der Waals surface area contributed by atoms with Crippen molar-refractivity contribution in [3.05, 3.63) is 76.8 Å². The van der Waals surface area contributed by atoms with Crippen molar-refractivity contribution in [3.8, 4) is 17.6 Å². The summed E-state index contributed by atoms with van der Waals surface area (Å²) in [7, 11) is 0. The average molecular weight is 628 g/mol. The van der Waals surface area contributed by atoms with Crippen molar-refractivity contribution in [3.63, 3.8) is 0 Å². The zero-order chi connectivity index (χ0) is 30.6. The Labute approximate surface area is 252 Å². The predicted molar refractivity (Wildman–Crippen MR) is 167 cm³/mol. The summed E-state index contributed by atoms with van der Waals surface area (Å²) >= 11 is 3.34. The topological polar surface area (TPSA) is 122 Å². The Morgan fingerprint density at radius 2 is 1.90 bits per heavy atom. The fraction of sp³-hybridized carbons (Fsp3) is 0.455. The molecule has 41 heavy (non-hydrogen) atoms. The third-order valence-corrected chi connectivity index (χ3v) is 7.95. The quantitative estimate of drug-likeness (QED) is 0.220. The molecule has 222 valence electrons. The number of hydrogen-bond acceptors (Lipinski definition) is 5. The van der Waals surface area contributed by atoms with Crippen molar-refractivity contribution in [2.24, 2.45) is 28.9 Å². The SMILES string of the molecule is C[C@@H]1C/C=C\C(=O)N[C@H](/C=C/C#C/C=C/C(C)(C)[C@@H](O)c2cccc(O)c2Br)[C@@H](C)/C=C/[C@H](C)C[C@H](OC(N)=O)C1. The first-order valence-corrected chi connectivity index (χ1v) is 14.7. The molecule has 0 bridgehead atoms. The van der Waals surface area contributed by atoms with Crippen LogP contribution in [0.2, 0.25) is 0 Å². The van der Waals surface area contributed by atoms with E-state index in [1.54, 1.807) is 36.4 Å². The number of nitrogens with one attached hydrogen (secondary N) is 1. The molecule has 0 saturated heterocycles. The van der Waals surface area contributed by atoms with Gasteiger partial charge in [0.05, 0.1) is 16.6 Å². The van der Waals surface area contributed by atoms with Crippen LogP contribution in [0.3, 0.4) is 0 Å². The molecule has 0 spiro atoms. The number of aromatic hydroxyl groups is 1. The molecular formula is C33H43BrN2O5. The summed E-state index contributed by atoms with van der Waals surface area (Å²) in [5.41, 5.74) is 5.24. The van der Waals surface area contributed by atoms with Gasteiger partial charge < -0.3 is 26.0 Å². The molecule has 5 N–H and O–H groups in total. The van der Waals surface area contributed by atoms with Crippen LogP contribution in [0, 0.1) is 35.0 Å². The Kier molecular flexibility index (Phi) is 13.4. The fourth-order valence-corrected chi connectivity index (χ4v) is 5.08. The second-order valence-electron chi connectivity index (χ2n) is 11.4. The van der Waals surface area contributed by atoms with Gasteiger partial charge >= 0.3 is 6.09 Å². The maximum atomic E-state index is 12.6. The van der Waals surface area contributed by atoms with Gasteiger partial charge in [0.25, 0.3) is 0 Å². The van der Waals surface area contributed by atoms with Crippen molar-refractivity contribution < 1.29 is 24.5 Å². The Morgan fingerprint density at radius 3 is 2.61 bits per heavy atom. The summed E-state index contributed by atoms with van der Waals surface area (Å²) in [6.07, 6.45) is 14.7. The first-order valence-electron chi connectivity index (χ1n) is 13.9. The lowest BCUT2D eigenvalue weighted by Gasteiger charge is -2.28. The van der Waals surface area contributed by atoms with Crippen LogP contribution in [0.5, 0.6) is 5.75 Å².